The summed E-state index contributed by atoms with van der Waals surface area (Å²) < 4.78 is 7.51. The van der Waals surface area contributed by atoms with E-state index >= 15 is 0 Å². The zero-order valence-corrected chi connectivity index (χ0v) is 22.7. The van der Waals surface area contributed by atoms with E-state index in [1.807, 2.05) is 18.2 Å². The number of halogens is 3. The molecule has 0 atom stereocenters. The van der Waals surface area contributed by atoms with Gasteiger partial charge in [-0.15, -0.1) is 0 Å². The summed E-state index contributed by atoms with van der Waals surface area (Å²) >= 11 is 10.4. The molecule has 0 bridgehead atoms. The SMILES string of the molecule is Cc1c(Cl)cccc1NC(=O)/C(C#N)=C\c1cc(I)c(OCc2ccc([N+](=O)[O-])cc2)c(I)c1. The molecule has 0 aliphatic heterocycles. The first-order valence-electron chi connectivity index (χ1n) is 9.73. The van der Waals surface area contributed by atoms with Crippen molar-refractivity contribution in [1.82, 2.24) is 0 Å². The molecule has 0 aromatic heterocycles. The topological polar surface area (TPSA) is 105 Å². The van der Waals surface area contributed by atoms with Gasteiger partial charge in [-0.3, -0.25) is 14.9 Å². The molecule has 0 spiro atoms. The first-order valence-corrected chi connectivity index (χ1v) is 12.3. The molecule has 0 saturated heterocycles. The van der Waals surface area contributed by atoms with Crippen LogP contribution in [0.3, 0.4) is 0 Å². The minimum absolute atomic E-state index is 0.0203. The van der Waals surface area contributed by atoms with Crippen molar-refractivity contribution in [2.75, 3.05) is 5.32 Å². The number of hydrogen-bond acceptors (Lipinski definition) is 5. The lowest BCUT2D eigenvalue weighted by Gasteiger charge is -2.12. The Balaban J connectivity index is 1.76. The predicted molar refractivity (Wildman–Crippen MR) is 148 cm³/mol. The Kier molecular flexibility index (Phi) is 8.87. The molecule has 34 heavy (non-hydrogen) atoms. The van der Waals surface area contributed by atoms with E-state index in [0.717, 1.165) is 12.7 Å². The first-order chi connectivity index (χ1) is 16.2. The molecular weight excluding hydrogens is 684 g/mol. The Morgan fingerprint density at radius 3 is 2.44 bits per heavy atom. The molecule has 3 aromatic rings. The van der Waals surface area contributed by atoms with Crippen LogP contribution in [0.15, 0.2) is 60.2 Å². The van der Waals surface area contributed by atoms with Crippen molar-refractivity contribution < 1.29 is 14.5 Å². The smallest absolute Gasteiger partial charge is 0.269 e. The van der Waals surface area contributed by atoms with Gasteiger partial charge in [0.1, 0.15) is 24.0 Å². The summed E-state index contributed by atoms with van der Waals surface area (Å²) in [6.07, 6.45) is 1.51. The molecule has 7 nitrogen and oxygen atoms in total. The van der Waals surface area contributed by atoms with Gasteiger partial charge in [0.15, 0.2) is 0 Å². The van der Waals surface area contributed by atoms with Crippen LogP contribution in [0.25, 0.3) is 6.08 Å². The molecule has 1 N–H and O–H groups in total. The number of amides is 1. The Morgan fingerprint density at radius 2 is 1.85 bits per heavy atom. The lowest BCUT2D eigenvalue weighted by atomic mass is 10.1. The molecule has 0 fully saturated rings. The van der Waals surface area contributed by atoms with Crippen LogP contribution in [0.1, 0.15) is 16.7 Å². The molecule has 172 valence electrons. The van der Waals surface area contributed by atoms with Gasteiger partial charge in [0.25, 0.3) is 11.6 Å². The van der Waals surface area contributed by atoms with E-state index in [2.05, 4.69) is 50.5 Å². The lowest BCUT2D eigenvalue weighted by Crippen LogP contribution is -2.14. The molecule has 0 unspecified atom stereocenters. The summed E-state index contributed by atoms with van der Waals surface area (Å²) in [5, 5.41) is 23.6. The summed E-state index contributed by atoms with van der Waals surface area (Å²) in [6, 6.07) is 16.9. The second-order valence-electron chi connectivity index (χ2n) is 7.06. The van der Waals surface area contributed by atoms with Crippen LogP contribution in [-0.4, -0.2) is 10.8 Å². The number of anilines is 1. The van der Waals surface area contributed by atoms with E-state index in [0.29, 0.717) is 27.6 Å². The molecule has 1 amide bonds. The number of rotatable bonds is 7. The van der Waals surface area contributed by atoms with Crippen LogP contribution in [0.4, 0.5) is 11.4 Å². The maximum absolute atomic E-state index is 12.7. The van der Waals surface area contributed by atoms with Gasteiger partial charge in [-0.1, -0.05) is 17.7 Å². The molecule has 0 aliphatic rings. The highest BCUT2D eigenvalue weighted by Gasteiger charge is 2.14. The molecule has 3 aromatic carbocycles. The fourth-order valence-corrected chi connectivity index (χ4v) is 5.22. The number of benzene rings is 3. The van der Waals surface area contributed by atoms with Crippen molar-refractivity contribution in [2.45, 2.75) is 13.5 Å². The lowest BCUT2D eigenvalue weighted by molar-refractivity contribution is -0.384. The number of carbonyl (C=O) groups is 1. The Labute approximate surface area is 228 Å². The van der Waals surface area contributed by atoms with Gasteiger partial charge in [-0.2, -0.15) is 5.26 Å². The number of carbonyl (C=O) groups excluding carboxylic acids is 1. The predicted octanol–water partition coefficient (Wildman–Crippen LogP) is 6.89. The molecule has 10 heteroatoms. The van der Waals surface area contributed by atoms with Crippen molar-refractivity contribution in [3.63, 3.8) is 0 Å². The van der Waals surface area contributed by atoms with Crippen molar-refractivity contribution in [3.05, 3.63) is 99.1 Å². The number of nitro groups is 1. The number of nitrogens with one attached hydrogen (secondary N) is 1. The van der Waals surface area contributed by atoms with Crippen LogP contribution >= 0.6 is 56.8 Å². The van der Waals surface area contributed by atoms with Crippen LogP contribution in [0, 0.1) is 35.5 Å². The third-order valence-electron chi connectivity index (χ3n) is 4.74. The van der Waals surface area contributed by atoms with Gasteiger partial charge in [0.05, 0.1) is 12.1 Å². The third-order valence-corrected chi connectivity index (χ3v) is 6.75. The monoisotopic (exact) mass is 699 g/mol. The number of ether oxygens (including phenoxy) is 1. The summed E-state index contributed by atoms with van der Waals surface area (Å²) in [5.74, 6) is 0.116. The van der Waals surface area contributed by atoms with Crippen molar-refractivity contribution in [1.29, 1.82) is 5.26 Å². The molecule has 0 radical (unpaired) electrons. The standard InChI is InChI=1S/C24H16ClI2N3O4/c1-14-19(25)3-2-4-22(14)29-24(31)17(12-28)9-16-10-20(26)23(21(27)11-16)34-13-15-5-7-18(8-6-15)30(32)33/h2-11H,13H2,1H3,(H,29,31)/b17-9-. The second kappa shape index (κ2) is 11.6. The fourth-order valence-electron chi connectivity index (χ4n) is 2.92. The van der Waals surface area contributed by atoms with Crippen molar-refractivity contribution in [3.8, 4) is 11.8 Å². The van der Waals surface area contributed by atoms with Gasteiger partial charge >= 0.3 is 0 Å². The van der Waals surface area contributed by atoms with Gasteiger partial charge in [-0.05, 0) is 111 Å². The summed E-state index contributed by atoms with van der Waals surface area (Å²) in [6.45, 7) is 2.03. The maximum atomic E-state index is 12.7. The number of nitro benzene ring substituents is 1. The minimum Gasteiger partial charge on any atom is -0.487 e. The Morgan fingerprint density at radius 1 is 1.21 bits per heavy atom. The van der Waals surface area contributed by atoms with E-state index in [-0.39, 0.29) is 17.9 Å². The molecular formula is C24H16ClI2N3O4. The maximum Gasteiger partial charge on any atom is 0.269 e. The zero-order chi connectivity index (χ0) is 24.8. The van der Waals surface area contributed by atoms with Crippen molar-refractivity contribution in [2.24, 2.45) is 0 Å². The van der Waals surface area contributed by atoms with Gasteiger partial charge in [0.2, 0.25) is 0 Å². The Hall–Kier alpha value is -2.69. The van der Waals surface area contributed by atoms with E-state index < -0.39 is 10.8 Å². The van der Waals surface area contributed by atoms with Gasteiger partial charge in [0, 0.05) is 22.8 Å². The largest absolute Gasteiger partial charge is 0.487 e. The number of nitrogens with zero attached hydrogens (tertiary/aromatic N) is 2. The van der Waals surface area contributed by atoms with Crippen LogP contribution in [-0.2, 0) is 11.4 Å². The average molecular weight is 700 g/mol. The number of hydrogen-bond donors (Lipinski definition) is 1. The highest BCUT2D eigenvalue weighted by molar-refractivity contribution is 14.1. The van der Waals surface area contributed by atoms with E-state index in [9.17, 15) is 20.2 Å². The fraction of sp³-hybridized carbons (Fsp3) is 0.0833. The normalized spacial score (nSPS) is 11.0. The third kappa shape index (κ3) is 6.46. The first kappa shape index (κ1) is 25.9. The number of non-ortho nitro benzene ring substituents is 1. The Bertz CT molecular complexity index is 1310. The molecule has 0 saturated carbocycles. The van der Waals surface area contributed by atoms with E-state index in [1.54, 1.807) is 37.3 Å². The van der Waals surface area contributed by atoms with Crippen LogP contribution < -0.4 is 10.1 Å². The van der Waals surface area contributed by atoms with Crippen molar-refractivity contribution >= 4 is 80.1 Å². The van der Waals surface area contributed by atoms with Crippen LogP contribution in [0.2, 0.25) is 5.02 Å². The van der Waals surface area contributed by atoms with Gasteiger partial charge in [-0.25, -0.2) is 0 Å². The average Bonchev–Trinajstić information content (AvgIpc) is 2.80. The van der Waals surface area contributed by atoms with E-state index in [4.69, 9.17) is 16.3 Å². The summed E-state index contributed by atoms with van der Waals surface area (Å²) in [4.78, 5) is 23.0. The van der Waals surface area contributed by atoms with E-state index in [1.165, 1.54) is 18.2 Å². The van der Waals surface area contributed by atoms with Crippen LogP contribution in [0.5, 0.6) is 5.75 Å². The molecule has 0 aliphatic carbocycles. The molecule has 0 heterocycles. The number of nitriles is 1. The summed E-state index contributed by atoms with van der Waals surface area (Å²) in [7, 11) is 0. The van der Waals surface area contributed by atoms with Gasteiger partial charge < -0.3 is 10.1 Å². The quantitative estimate of drug-likeness (QED) is 0.0951. The zero-order valence-electron chi connectivity index (χ0n) is 17.6. The highest BCUT2D eigenvalue weighted by Crippen LogP contribution is 2.31. The second-order valence-corrected chi connectivity index (χ2v) is 9.79. The molecule has 3 rings (SSSR count). The minimum atomic E-state index is -0.531. The highest BCUT2D eigenvalue weighted by atomic mass is 127. The summed E-state index contributed by atoms with van der Waals surface area (Å²) in [5.41, 5.74) is 2.69.